The summed E-state index contributed by atoms with van der Waals surface area (Å²) in [6, 6.07) is 14.1. The zero-order valence-electron chi connectivity index (χ0n) is 11.4. The number of carbonyl (C=O) groups excluding carboxylic acids is 1. The van der Waals surface area contributed by atoms with Crippen molar-refractivity contribution in [3.05, 3.63) is 59.9 Å². The van der Waals surface area contributed by atoms with Gasteiger partial charge in [-0.1, -0.05) is 35.6 Å². The van der Waals surface area contributed by atoms with Gasteiger partial charge in [0.05, 0.1) is 16.0 Å². The van der Waals surface area contributed by atoms with E-state index in [4.69, 9.17) is 0 Å². The highest BCUT2D eigenvalue weighted by molar-refractivity contribution is 8.00. The average molecular weight is 330 g/mol. The molecular formula is C16H11FN2OS2. The Balaban J connectivity index is 1.76. The minimum atomic E-state index is -0.274. The topological polar surface area (TPSA) is 33.2 Å². The quantitative estimate of drug-likeness (QED) is 0.705. The zero-order valence-corrected chi connectivity index (χ0v) is 13.0. The molecule has 0 saturated carbocycles. The molecule has 1 fully saturated rings. The van der Waals surface area contributed by atoms with Gasteiger partial charge >= 0.3 is 0 Å². The number of fused-ring (bicyclic) bond motifs is 1. The van der Waals surface area contributed by atoms with E-state index < -0.39 is 0 Å². The number of para-hydroxylation sites is 1. The van der Waals surface area contributed by atoms with Gasteiger partial charge < -0.3 is 0 Å². The third kappa shape index (κ3) is 2.28. The molecule has 1 aliphatic heterocycles. The molecule has 0 radical (unpaired) electrons. The number of amides is 1. The molecule has 0 unspecified atom stereocenters. The number of thiazole rings is 1. The van der Waals surface area contributed by atoms with Crippen LogP contribution in [0.25, 0.3) is 10.2 Å². The maximum atomic E-state index is 13.1. The van der Waals surface area contributed by atoms with E-state index in [1.165, 1.54) is 23.5 Å². The zero-order chi connectivity index (χ0) is 15.1. The Hall–Kier alpha value is -1.92. The standard InChI is InChI=1S/C16H11FN2OS2/c17-11-7-5-10(6-8-11)15-19(14(20)9-21-15)16-18-12-3-1-2-4-13(12)22-16/h1-8,15H,9H2/t15-/m0/s1. The predicted octanol–water partition coefficient (Wildman–Crippen LogP) is 4.21. The van der Waals surface area contributed by atoms with E-state index in [0.717, 1.165) is 15.8 Å². The molecule has 1 atom stereocenters. The van der Waals surface area contributed by atoms with Gasteiger partial charge in [0, 0.05) is 0 Å². The molecule has 0 spiro atoms. The van der Waals surface area contributed by atoms with Crippen LogP contribution >= 0.6 is 23.1 Å². The van der Waals surface area contributed by atoms with Crippen molar-refractivity contribution < 1.29 is 9.18 Å². The number of aromatic nitrogens is 1. The van der Waals surface area contributed by atoms with Crippen LogP contribution in [0, 0.1) is 5.82 Å². The largest absolute Gasteiger partial charge is 0.273 e. The molecule has 1 aliphatic rings. The Morgan fingerprint density at radius 3 is 2.68 bits per heavy atom. The van der Waals surface area contributed by atoms with E-state index >= 15 is 0 Å². The van der Waals surface area contributed by atoms with Crippen molar-refractivity contribution in [2.45, 2.75) is 5.37 Å². The molecule has 6 heteroatoms. The molecule has 1 aromatic heterocycles. The van der Waals surface area contributed by atoms with Gasteiger partial charge in [-0.25, -0.2) is 9.37 Å². The van der Waals surface area contributed by atoms with E-state index in [2.05, 4.69) is 4.98 Å². The summed E-state index contributed by atoms with van der Waals surface area (Å²) < 4.78 is 14.2. The van der Waals surface area contributed by atoms with Crippen LogP contribution < -0.4 is 4.90 Å². The minimum Gasteiger partial charge on any atom is -0.273 e. The number of hydrogen-bond acceptors (Lipinski definition) is 4. The molecule has 0 aliphatic carbocycles. The van der Waals surface area contributed by atoms with E-state index in [0.29, 0.717) is 10.9 Å². The lowest BCUT2D eigenvalue weighted by atomic mass is 10.2. The number of carbonyl (C=O) groups is 1. The van der Waals surface area contributed by atoms with Crippen LogP contribution in [-0.2, 0) is 4.79 Å². The van der Waals surface area contributed by atoms with Crippen LogP contribution in [0.1, 0.15) is 10.9 Å². The minimum absolute atomic E-state index is 0.0402. The fourth-order valence-corrected chi connectivity index (χ4v) is 4.70. The van der Waals surface area contributed by atoms with Gasteiger partial charge in [-0.15, -0.1) is 11.8 Å². The fraction of sp³-hybridized carbons (Fsp3) is 0.125. The smallest absolute Gasteiger partial charge is 0.240 e. The molecule has 0 bridgehead atoms. The van der Waals surface area contributed by atoms with Crippen molar-refractivity contribution in [2.24, 2.45) is 0 Å². The van der Waals surface area contributed by atoms with Crippen molar-refractivity contribution in [3.8, 4) is 0 Å². The Morgan fingerprint density at radius 1 is 1.14 bits per heavy atom. The van der Waals surface area contributed by atoms with Crippen molar-refractivity contribution in [3.63, 3.8) is 0 Å². The maximum Gasteiger partial charge on any atom is 0.240 e. The van der Waals surface area contributed by atoms with Crippen LogP contribution in [0.2, 0.25) is 0 Å². The fourth-order valence-electron chi connectivity index (χ4n) is 2.47. The summed E-state index contributed by atoms with van der Waals surface area (Å²) in [6.07, 6.45) is 0. The summed E-state index contributed by atoms with van der Waals surface area (Å²) in [6.45, 7) is 0. The second-order valence-corrected chi connectivity index (χ2v) is 7.02. The van der Waals surface area contributed by atoms with Crippen LogP contribution in [0.3, 0.4) is 0 Å². The SMILES string of the molecule is O=C1CS[C@@H](c2ccc(F)cc2)N1c1nc2ccccc2s1. The molecule has 3 aromatic rings. The molecule has 2 aromatic carbocycles. The lowest BCUT2D eigenvalue weighted by molar-refractivity contribution is -0.115. The number of benzene rings is 2. The van der Waals surface area contributed by atoms with Crippen molar-refractivity contribution in [1.82, 2.24) is 4.98 Å². The van der Waals surface area contributed by atoms with Gasteiger partial charge in [0.2, 0.25) is 5.91 Å². The molecule has 2 heterocycles. The monoisotopic (exact) mass is 330 g/mol. The van der Waals surface area contributed by atoms with E-state index in [9.17, 15) is 9.18 Å². The summed E-state index contributed by atoms with van der Waals surface area (Å²) in [7, 11) is 0. The highest BCUT2D eigenvalue weighted by Crippen LogP contribution is 2.43. The number of rotatable bonds is 2. The summed E-state index contributed by atoms with van der Waals surface area (Å²) in [5.74, 6) is 0.181. The van der Waals surface area contributed by atoms with E-state index in [1.807, 2.05) is 24.3 Å². The number of nitrogens with zero attached hydrogens (tertiary/aromatic N) is 2. The van der Waals surface area contributed by atoms with Crippen molar-refractivity contribution >= 4 is 44.4 Å². The van der Waals surface area contributed by atoms with Crippen molar-refractivity contribution in [1.29, 1.82) is 0 Å². The van der Waals surface area contributed by atoms with Gasteiger partial charge in [-0.05, 0) is 29.8 Å². The van der Waals surface area contributed by atoms with E-state index in [-0.39, 0.29) is 17.1 Å². The van der Waals surface area contributed by atoms with E-state index in [1.54, 1.807) is 28.8 Å². The van der Waals surface area contributed by atoms with Gasteiger partial charge in [0.1, 0.15) is 11.2 Å². The Bertz CT molecular complexity index is 814. The Morgan fingerprint density at radius 2 is 1.91 bits per heavy atom. The number of anilines is 1. The van der Waals surface area contributed by atoms with Gasteiger partial charge in [0.15, 0.2) is 5.13 Å². The predicted molar refractivity (Wildman–Crippen MR) is 88.7 cm³/mol. The highest BCUT2D eigenvalue weighted by Gasteiger charge is 2.35. The van der Waals surface area contributed by atoms with Gasteiger partial charge in [0.25, 0.3) is 0 Å². The molecule has 110 valence electrons. The van der Waals surface area contributed by atoms with Crippen LogP contribution in [-0.4, -0.2) is 16.6 Å². The van der Waals surface area contributed by atoms with Gasteiger partial charge in [-0.2, -0.15) is 0 Å². The maximum absolute atomic E-state index is 13.1. The first-order valence-electron chi connectivity index (χ1n) is 6.77. The first-order chi connectivity index (χ1) is 10.7. The summed E-state index contributed by atoms with van der Waals surface area (Å²) in [4.78, 5) is 18.6. The highest BCUT2D eigenvalue weighted by atomic mass is 32.2. The Labute approximate surface area is 134 Å². The first-order valence-corrected chi connectivity index (χ1v) is 8.63. The molecule has 3 nitrogen and oxygen atoms in total. The second-order valence-electron chi connectivity index (χ2n) is 4.94. The third-order valence-electron chi connectivity index (χ3n) is 3.51. The normalized spacial score (nSPS) is 18.3. The molecule has 0 N–H and O–H groups in total. The average Bonchev–Trinajstić information content (AvgIpc) is 3.11. The molecule has 22 heavy (non-hydrogen) atoms. The van der Waals surface area contributed by atoms with Crippen LogP contribution in [0.4, 0.5) is 9.52 Å². The summed E-state index contributed by atoms with van der Waals surface area (Å²) in [5, 5.41) is 0.555. The van der Waals surface area contributed by atoms with Crippen LogP contribution in [0.15, 0.2) is 48.5 Å². The number of halogens is 1. The molecule has 1 amide bonds. The summed E-state index contributed by atoms with van der Waals surface area (Å²) >= 11 is 3.05. The number of hydrogen-bond donors (Lipinski definition) is 0. The van der Waals surface area contributed by atoms with Crippen molar-refractivity contribution in [2.75, 3.05) is 10.7 Å². The molecule has 1 saturated heterocycles. The molecule has 4 rings (SSSR count). The lowest BCUT2D eigenvalue weighted by Crippen LogP contribution is -2.27. The first kappa shape index (κ1) is 13.7. The lowest BCUT2D eigenvalue weighted by Gasteiger charge is -2.21. The third-order valence-corrected chi connectivity index (χ3v) is 5.76. The number of thioether (sulfide) groups is 1. The summed E-state index contributed by atoms with van der Waals surface area (Å²) in [5.41, 5.74) is 1.81. The molecular weight excluding hydrogens is 319 g/mol. The Kier molecular flexibility index (Phi) is 3.35. The second kappa shape index (κ2) is 5.37. The van der Waals surface area contributed by atoms with Gasteiger partial charge in [-0.3, -0.25) is 9.69 Å². The van der Waals surface area contributed by atoms with Crippen LogP contribution in [0.5, 0.6) is 0 Å².